The SMILES string of the molecule is CCC1CCCCN1C(=O)c1cc(N(CC)Cc2ccccc2)nc(C)n1. The number of carbonyl (C=O) groups is 1. The van der Waals surface area contributed by atoms with Crippen LogP contribution >= 0.6 is 0 Å². The lowest BCUT2D eigenvalue weighted by molar-refractivity contribution is 0.0601. The van der Waals surface area contributed by atoms with Crippen molar-refractivity contribution in [2.24, 2.45) is 0 Å². The summed E-state index contributed by atoms with van der Waals surface area (Å²) in [5, 5.41) is 0. The lowest BCUT2D eigenvalue weighted by Gasteiger charge is -2.35. The summed E-state index contributed by atoms with van der Waals surface area (Å²) in [6, 6.07) is 12.5. The van der Waals surface area contributed by atoms with E-state index < -0.39 is 0 Å². The maximum Gasteiger partial charge on any atom is 0.272 e. The van der Waals surface area contributed by atoms with Crippen LogP contribution in [0.2, 0.25) is 0 Å². The number of benzene rings is 1. The summed E-state index contributed by atoms with van der Waals surface area (Å²) >= 11 is 0. The van der Waals surface area contributed by atoms with Crippen LogP contribution in [-0.4, -0.2) is 39.9 Å². The quantitative estimate of drug-likeness (QED) is 0.768. The topological polar surface area (TPSA) is 49.3 Å². The molecule has 1 atom stereocenters. The number of aryl methyl sites for hydroxylation is 1. The maximum atomic E-state index is 13.2. The molecule has 0 spiro atoms. The van der Waals surface area contributed by atoms with Gasteiger partial charge in [-0.2, -0.15) is 0 Å². The van der Waals surface area contributed by atoms with Crippen molar-refractivity contribution in [1.29, 1.82) is 0 Å². The van der Waals surface area contributed by atoms with Gasteiger partial charge in [-0.15, -0.1) is 0 Å². The highest BCUT2D eigenvalue weighted by molar-refractivity contribution is 5.93. The van der Waals surface area contributed by atoms with E-state index in [9.17, 15) is 4.79 Å². The molecule has 0 saturated carbocycles. The minimum absolute atomic E-state index is 0.0454. The standard InChI is InChI=1S/C22H30N4O/c1-4-19-13-9-10-14-26(19)22(27)20-15-21(24-17(3)23-20)25(5-2)16-18-11-7-6-8-12-18/h6-8,11-12,15,19H,4-5,9-10,13-14,16H2,1-3H3. The number of aromatic nitrogens is 2. The lowest BCUT2D eigenvalue weighted by Crippen LogP contribution is -2.43. The predicted octanol–water partition coefficient (Wildman–Crippen LogP) is 4.22. The molecule has 0 aliphatic carbocycles. The molecule has 1 unspecified atom stereocenters. The smallest absolute Gasteiger partial charge is 0.272 e. The normalized spacial score (nSPS) is 17.0. The second kappa shape index (κ2) is 8.98. The van der Waals surface area contributed by atoms with Crippen LogP contribution in [-0.2, 0) is 6.54 Å². The number of hydrogen-bond donors (Lipinski definition) is 0. The zero-order valence-corrected chi connectivity index (χ0v) is 16.7. The molecule has 1 aromatic carbocycles. The average molecular weight is 367 g/mol. The monoisotopic (exact) mass is 366 g/mol. The van der Waals surface area contributed by atoms with Gasteiger partial charge in [0.15, 0.2) is 0 Å². The molecule has 1 fully saturated rings. The van der Waals surface area contributed by atoms with Gasteiger partial charge in [-0.05, 0) is 45.1 Å². The Morgan fingerprint density at radius 3 is 2.67 bits per heavy atom. The first kappa shape index (κ1) is 19.3. The van der Waals surface area contributed by atoms with Crippen LogP contribution in [0.3, 0.4) is 0 Å². The third kappa shape index (κ3) is 4.65. The highest BCUT2D eigenvalue weighted by Crippen LogP contribution is 2.23. The van der Waals surface area contributed by atoms with E-state index in [1.165, 1.54) is 12.0 Å². The van der Waals surface area contributed by atoms with Gasteiger partial charge < -0.3 is 9.80 Å². The number of piperidine rings is 1. The molecule has 2 aromatic rings. The zero-order valence-electron chi connectivity index (χ0n) is 16.7. The Kier molecular flexibility index (Phi) is 6.43. The largest absolute Gasteiger partial charge is 0.352 e. The summed E-state index contributed by atoms with van der Waals surface area (Å²) in [5.41, 5.74) is 1.75. The fourth-order valence-corrected chi connectivity index (χ4v) is 3.82. The number of amides is 1. The Balaban J connectivity index is 1.85. The van der Waals surface area contributed by atoms with Crippen molar-refractivity contribution in [2.45, 2.75) is 59.0 Å². The molecule has 5 nitrogen and oxygen atoms in total. The van der Waals surface area contributed by atoms with Crippen molar-refractivity contribution < 1.29 is 4.79 Å². The number of nitrogens with zero attached hydrogens (tertiary/aromatic N) is 4. The molecule has 0 N–H and O–H groups in total. The minimum Gasteiger partial charge on any atom is -0.352 e. The molecule has 2 heterocycles. The first-order valence-electron chi connectivity index (χ1n) is 10.1. The summed E-state index contributed by atoms with van der Waals surface area (Å²) in [6.07, 6.45) is 4.37. The number of likely N-dealkylation sites (tertiary alicyclic amines) is 1. The van der Waals surface area contributed by atoms with Crippen LogP contribution in [0.5, 0.6) is 0 Å². The van der Waals surface area contributed by atoms with Crippen LogP contribution in [0, 0.1) is 6.92 Å². The van der Waals surface area contributed by atoms with Gasteiger partial charge >= 0.3 is 0 Å². The third-order valence-corrected chi connectivity index (χ3v) is 5.32. The molecule has 0 radical (unpaired) electrons. The summed E-state index contributed by atoms with van der Waals surface area (Å²) in [7, 11) is 0. The summed E-state index contributed by atoms with van der Waals surface area (Å²) in [5.74, 6) is 1.51. The molecular weight excluding hydrogens is 336 g/mol. The van der Waals surface area contributed by atoms with E-state index in [0.717, 1.165) is 44.7 Å². The Bertz CT molecular complexity index is 762. The van der Waals surface area contributed by atoms with E-state index in [1.54, 1.807) is 0 Å². The first-order chi connectivity index (χ1) is 13.1. The van der Waals surface area contributed by atoms with Crippen LogP contribution in [0.4, 0.5) is 5.82 Å². The predicted molar refractivity (Wildman–Crippen MR) is 109 cm³/mol. The third-order valence-electron chi connectivity index (χ3n) is 5.32. The van der Waals surface area contributed by atoms with E-state index in [0.29, 0.717) is 17.6 Å². The molecule has 1 amide bonds. The second-order valence-corrected chi connectivity index (χ2v) is 7.21. The van der Waals surface area contributed by atoms with Crippen LogP contribution in [0.25, 0.3) is 0 Å². The molecule has 3 rings (SSSR count). The molecule has 0 bridgehead atoms. The van der Waals surface area contributed by atoms with Gasteiger partial charge in [0.25, 0.3) is 5.91 Å². The van der Waals surface area contributed by atoms with E-state index in [2.05, 4.69) is 40.8 Å². The Labute approximate surface area is 162 Å². The molecule has 1 saturated heterocycles. The van der Waals surface area contributed by atoms with Gasteiger partial charge in [0.05, 0.1) is 0 Å². The second-order valence-electron chi connectivity index (χ2n) is 7.21. The summed E-state index contributed by atoms with van der Waals surface area (Å²) in [4.78, 5) is 26.4. The average Bonchev–Trinajstić information content (AvgIpc) is 2.71. The van der Waals surface area contributed by atoms with E-state index in [-0.39, 0.29) is 5.91 Å². The lowest BCUT2D eigenvalue weighted by atomic mass is 9.99. The summed E-state index contributed by atoms with van der Waals surface area (Å²) in [6.45, 7) is 8.55. The van der Waals surface area contributed by atoms with E-state index in [1.807, 2.05) is 36.1 Å². The molecule has 5 heteroatoms. The van der Waals surface area contributed by atoms with Crippen molar-refractivity contribution in [3.05, 3.63) is 53.5 Å². The number of carbonyl (C=O) groups excluding carboxylic acids is 1. The fraction of sp³-hybridized carbons (Fsp3) is 0.500. The highest BCUT2D eigenvalue weighted by atomic mass is 16.2. The van der Waals surface area contributed by atoms with Gasteiger partial charge in [-0.3, -0.25) is 4.79 Å². The number of rotatable bonds is 6. The van der Waals surface area contributed by atoms with Crippen LogP contribution in [0.1, 0.15) is 61.4 Å². The van der Waals surface area contributed by atoms with Gasteiger partial charge in [-0.1, -0.05) is 37.3 Å². The fourth-order valence-electron chi connectivity index (χ4n) is 3.82. The summed E-state index contributed by atoms with van der Waals surface area (Å²) < 4.78 is 0. The molecule has 1 aliphatic rings. The van der Waals surface area contributed by atoms with Crippen LogP contribution < -0.4 is 4.90 Å². The maximum absolute atomic E-state index is 13.2. The van der Waals surface area contributed by atoms with Crippen LogP contribution in [0.15, 0.2) is 36.4 Å². The Hall–Kier alpha value is -2.43. The number of anilines is 1. The van der Waals surface area contributed by atoms with E-state index >= 15 is 0 Å². The minimum atomic E-state index is 0.0454. The highest BCUT2D eigenvalue weighted by Gasteiger charge is 2.27. The molecule has 27 heavy (non-hydrogen) atoms. The molecule has 1 aliphatic heterocycles. The molecular formula is C22H30N4O. The van der Waals surface area contributed by atoms with Crippen molar-refractivity contribution in [1.82, 2.24) is 14.9 Å². The van der Waals surface area contributed by atoms with Crippen molar-refractivity contribution in [2.75, 3.05) is 18.0 Å². The first-order valence-corrected chi connectivity index (χ1v) is 10.1. The van der Waals surface area contributed by atoms with Crippen molar-refractivity contribution in [3.63, 3.8) is 0 Å². The van der Waals surface area contributed by atoms with Crippen molar-refractivity contribution in [3.8, 4) is 0 Å². The Morgan fingerprint density at radius 1 is 1.19 bits per heavy atom. The molecule has 144 valence electrons. The van der Waals surface area contributed by atoms with Gasteiger partial charge in [0.2, 0.25) is 0 Å². The van der Waals surface area contributed by atoms with Gasteiger partial charge in [0.1, 0.15) is 17.3 Å². The Morgan fingerprint density at radius 2 is 1.96 bits per heavy atom. The van der Waals surface area contributed by atoms with E-state index in [4.69, 9.17) is 0 Å². The molecule has 1 aromatic heterocycles. The van der Waals surface area contributed by atoms with Crippen molar-refractivity contribution >= 4 is 11.7 Å². The number of hydrogen-bond acceptors (Lipinski definition) is 4. The zero-order chi connectivity index (χ0) is 19.2. The van der Waals surface area contributed by atoms with Gasteiger partial charge in [0, 0.05) is 31.7 Å². The van der Waals surface area contributed by atoms with Gasteiger partial charge in [-0.25, -0.2) is 9.97 Å².